The highest BCUT2D eigenvalue weighted by molar-refractivity contribution is 5.82. The fraction of sp³-hybridized carbons (Fsp3) is 0.704. The molecule has 1 aliphatic heterocycles. The molecule has 0 N–H and O–H groups in total. The van der Waals surface area contributed by atoms with Crippen LogP contribution in [0.4, 0.5) is 0 Å². The van der Waals surface area contributed by atoms with Crippen LogP contribution >= 0.6 is 0 Å². The van der Waals surface area contributed by atoms with Gasteiger partial charge in [0.1, 0.15) is 0 Å². The summed E-state index contributed by atoms with van der Waals surface area (Å²) in [6, 6.07) is 14.8. The van der Waals surface area contributed by atoms with Gasteiger partial charge in [-0.05, 0) is 117 Å². The summed E-state index contributed by atoms with van der Waals surface area (Å²) in [5, 5.41) is 0. The van der Waals surface area contributed by atoms with Gasteiger partial charge in [0.15, 0.2) is 0 Å². The third-order valence-electron chi connectivity index (χ3n) is 12.4. The fourth-order valence-electron chi connectivity index (χ4n) is 9.09. The van der Waals surface area contributed by atoms with Crippen LogP contribution in [0.1, 0.15) is 255 Å². The van der Waals surface area contributed by atoms with E-state index in [4.69, 9.17) is 0 Å². The topological polar surface area (TPSA) is 25.3 Å². The Morgan fingerprint density at radius 3 is 0.911 bits per heavy atom. The van der Waals surface area contributed by atoms with E-state index in [1.165, 1.54) is 211 Å². The quantitative estimate of drug-likeness (QED) is 0.0501. The number of nitrogens with zero attached hydrogens (tertiary/aromatic N) is 2. The summed E-state index contributed by atoms with van der Waals surface area (Å²) in [5.41, 5.74) is 25.9. The van der Waals surface area contributed by atoms with E-state index in [0.717, 1.165) is 49.9 Å². The molecule has 0 saturated heterocycles. The first-order valence-electron chi connectivity index (χ1n) is 24.7. The van der Waals surface area contributed by atoms with Gasteiger partial charge in [-0.2, -0.15) is 0 Å². The summed E-state index contributed by atoms with van der Waals surface area (Å²) < 4.78 is 1.68. The molecule has 0 aliphatic carbocycles. The van der Waals surface area contributed by atoms with Gasteiger partial charge < -0.3 is 5.53 Å². The average molecular weight is 765 g/mol. The van der Waals surface area contributed by atoms with Crippen molar-refractivity contribution in [2.45, 2.75) is 247 Å². The lowest BCUT2D eigenvalue weighted by Gasteiger charge is -2.15. The molecule has 0 bridgehead atoms. The number of rotatable bonds is 34. The molecule has 2 aromatic carbocycles. The van der Waals surface area contributed by atoms with Crippen molar-refractivity contribution in [2.75, 3.05) is 0 Å². The van der Waals surface area contributed by atoms with E-state index in [1.54, 1.807) is 4.70 Å². The van der Waals surface area contributed by atoms with Crippen molar-refractivity contribution in [2.24, 2.45) is 0 Å². The van der Waals surface area contributed by atoms with Crippen LogP contribution in [0.3, 0.4) is 0 Å². The van der Waals surface area contributed by atoms with Crippen molar-refractivity contribution < 1.29 is 4.70 Å². The van der Waals surface area contributed by atoms with Crippen molar-refractivity contribution in [1.29, 1.82) is 0 Å². The zero-order valence-electron chi connectivity index (χ0n) is 38.0. The van der Waals surface area contributed by atoms with Crippen LogP contribution in [-0.4, -0.2) is 4.70 Å². The zero-order chi connectivity index (χ0) is 40.2. The molecule has 314 valence electrons. The Morgan fingerprint density at radius 2 is 0.589 bits per heavy atom. The Kier molecular flexibility index (Phi) is 25.4. The highest BCUT2D eigenvalue weighted by Gasteiger charge is 2.35. The first-order chi connectivity index (χ1) is 27.5. The molecule has 0 fully saturated rings. The van der Waals surface area contributed by atoms with E-state index in [2.05, 4.69) is 77.9 Å². The van der Waals surface area contributed by atoms with Gasteiger partial charge in [0.25, 0.3) is 0 Å². The van der Waals surface area contributed by atoms with Gasteiger partial charge in [-0.25, -0.2) is 4.70 Å². The lowest BCUT2D eigenvalue weighted by molar-refractivity contribution is -0.345. The van der Waals surface area contributed by atoms with Crippen molar-refractivity contribution in [1.82, 2.24) is 0 Å². The molecule has 1 heterocycles. The van der Waals surface area contributed by atoms with Crippen LogP contribution in [0, 0.1) is 0 Å². The maximum Gasteiger partial charge on any atom is 0.211 e. The molecule has 3 rings (SSSR count). The molecule has 0 amide bonds. The normalized spacial score (nSPS) is 13.2. The minimum Gasteiger partial charge on any atom is -0.493 e. The highest BCUT2D eigenvalue weighted by atomic mass is 15.2. The Morgan fingerprint density at radius 1 is 0.321 bits per heavy atom. The van der Waals surface area contributed by atoms with Crippen molar-refractivity contribution in [3.05, 3.63) is 86.5 Å². The molecular formula is C54H88N2. The van der Waals surface area contributed by atoms with E-state index in [1.807, 2.05) is 0 Å². The summed E-state index contributed by atoms with van der Waals surface area (Å²) in [7, 11) is 0. The standard InChI is InChI=1S/C54H88N2/c1-7-13-18-23-26-31-36-47-39-45(34-29-21-16-10-4)41-49(42-47)53-51(12-6)52(38-33-28-25-20-15-9-3)54(56(53)55)50-43-46(35-30-22-17-11-5)40-48(44-50)37-32-27-24-19-14-8-2/h39-44H,7-38H2,1-6H3. The monoisotopic (exact) mass is 765 g/mol. The van der Waals surface area contributed by atoms with Gasteiger partial charge in [-0.15, -0.1) is 0 Å². The van der Waals surface area contributed by atoms with Crippen LogP contribution < -0.4 is 0 Å². The maximum absolute atomic E-state index is 12.7. The van der Waals surface area contributed by atoms with Crippen LogP contribution in [0.25, 0.3) is 16.9 Å². The predicted molar refractivity (Wildman–Crippen MR) is 248 cm³/mol. The van der Waals surface area contributed by atoms with E-state index < -0.39 is 0 Å². The molecule has 2 nitrogen and oxygen atoms in total. The zero-order valence-corrected chi connectivity index (χ0v) is 38.0. The fourth-order valence-corrected chi connectivity index (χ4v) is 9.09. The summed E-state index contributed by atoms with van der Waals surface area (Å²) in [6.45, 7) is 13.9. The maximum atomic E-state index is 12.7. The molecule has 2 heteroatoms. The number of hydrogen-bond acceptors (Lipinski definition) is 0. The van der Waals surface area contributed by atoms with E-state index in [0.29, 0.717) is 0 Å². The van der Waals surface area contributed by atoms with Gasteiger partial charge in [-0.3, -0.25) is 0 Å². The molecule has 0 spiro atoms. The molecule has 0 saturated carbocycles. The third kappa shape index (κ3) is 17.2. The Bertz CT molecular complexity index is 1440. The van der Waals surface area contributed by atoms with E-state index >= 15 is 0 Å². The second kappa shape index (κ2) is 29.7. The Balaban J connectivity index is 2.05. The Labute approximate surface area is 348 Å². The number of allylic oxidation sites excluding steroid dienone is 2. The van der Waals surface area contributed by atoms with Crippen LogP contribution in [0.15, 0.2) is 47.5 Å². The third-order valence-corrected chi connectivity index (χ3v) is 12.4. The number of aryl methyl sites for hydroxylation is 4. The summed E-state index contributed by atoms with van der Waals surface area (Å²) in [6.07, 6.45) is 40.4. The molecule has 1 aliphatic rings. The number of benzene rings is 2. The number of hydrogen-bond donors (Lipinski definition) is 0. The van der Waals surface area contributed by atoms with Crippen LogP contribution in [0.2, 0.25) is 0 Å². The first-order valence-corrected chi connectivity index (χ1v) is 24.7. The Hall–Kier alpha value is -2.48. The predicted octanol–water partition coefficient (Wildman–Crippen LogP) is 18.1. The van der Waals surface area contributed by atoms with Crippen molar-refractivity contribution >= 4 is 11.4 Å². The molecule has 2 aromatic rings. The molecule has 0 radical (unpaired) electrons. The second-order valence-corrected chi connectivity index (χ2v) is 17.6. The van der Waals surface area contributed by atoms with E-state index in [-0.39, 0.29) is 0 Å². The average Bonchev–Trinajstić information content (AvgIpc) is 3.49. The molecule has 0 atom stereocenters. The van der Waals surface area contributed by atoms with Gasteiger partial charge in [0.05, 0.1) is 0 Å². The van der Waals surface area contributed by atoms with Gasteiger partial charge in [-0.1, -0.05) is 189 Å². The summed E-state index contributed by atoms with van der Waals surface area (Å²) >= 11 is 0. The van der Waals surface area contributed by atoms with Gasteiger partial charge >= 0.3 is 0 Å². The highest BCUT2D eigenvalue weighted by Crippen LogP contribution is 2.45. The summed E-state index contributed by atoms with van der Waals surface area (Å²) in [5.74, 6) is 0. The van der Waals surface area contributed by atoms with Crippen molar-refractivity contribution in [3.63, 3.8) is 0 Å². The number of unbranched alkanes of at least 4 members (excludes halogenated alkanes) is 21. The van der Waals surface area contributed by atoms with E-state index in [9.17, 15) is 5.53 Å². The largest absolute Gasteiger partial charge is 0.493 e. The van der Waals surface area contributed by atoms with Gasteiger partial charge in [0.2, 0.25) is 11.4 Å². The molecule has 56 heavy (non-hydrogen) atoms. The SMILES string of the molecule is CCCCCCCCC1=C(c2cc(CCCCCC)cc(CCCCCCCC)c2)[N+](=[N-])C(c2cc(CCCCCC)cc(CCCCCCCC)c2)=C1CC. The van der Waals surface area contributed by atoms with Gasteiger partial charge in [0, 0.05) is 22.3 Å². The second-order valence-electron chi connectivity index (χ2n) is 17.6. The lowest BCUT2D eigenvalue weighted by Crippen LogP contribution is -2.05. The smallest absolute Gasteiger partial charge is 0.211 e. The first kappa shape index (κ1) is 47.9. The van der Waals surface area contributed by atoms with Crippen LogP contribution in [-0.2, 0) is 25.7 Å². The summed E-state index contributed by atoms with van der Waals surface area (Å²) in [4.78, 5) is 0. The lowest BCUT2D eigenvalue weighted by atomic mass is 9.90. The van der Waals surface area contributed by atoms with Crippen molar-refractivity contribution in [3.8, 4) is 0 Å². The minimum atomic E-state index is 0.940. The molecule has 0 aromatic heterocycles. The van der Waals surface area contributed by atoms with Crippen LogP contribution in [0.5, 0.6) is 0 Å². The molecular weight excluding hydrogens is 677 g/mol. The molecule has 0 unspecified atom stereocenters. The minimum absolute atomic E-state index is 0.940.